The first-order valence-electron chi connectivity index (χ1n) is 6.22. The van der Waals surface area contributed by atoms with Crippen LogP contribution in [0, 0.1) is 0 Å². The molecule has 2 heterocycles. The molecule has 0 aliphatic rings. The van der Waals surface area contributed by atoms with Crippen LogP contribution in [-0.2, 0) is 13.1 Å². The number of hydrogen-bond donors (Lipinski definition) is 1. The highest BCUT2D eigenvalue weighted by Gasteiger charge is 2.07. The van der Waals surface area contributed by atoms with Crippen LogP contribution in [0.25, 0.3) is 10.9 Å². The average molecular weight is 335 g/mol. The second kappa shape index (κ2) is 5.49. The molecular formula is C15H15BrN2S. The van der Waals surface area contributed by atoms with E-state index < -0.39 is 0 Å². The van der Waals surface area contributed by atoms with E-state index in [1.807, 2.05) is 7.05 Å². The average Bonchev–Trinajstić information content (AvgIpc) is 2.98. The zero-order valence-corrected chi connectivity index (χ0v) is 13.1. The van der Waals surface area contributed by atoms with Gasteiger partial charge in [-0.25, -0.2) is 0 Å². The molecule has 0 amide bonds. The Balaban J connectivity index is 2.03. The standard InChI is InChI=1S/C15H15BrN2S/c1-17-8-12-4-2-3-11-5-6-18(15(11)12)9-14-7-13(16)10-19-14/h2-7,10,17H,8-9H2,1H3. The van der Waals surface area contributed by atoms with E-state index in [1.54, 1.807) is 11.3 Å². The van der Waals surface area contributed by atoms with Gasteiger partial charge in [-0.05, 0) is 46.1 Å². The van der Waals surface area contributed by atoms with Crippen molar-refractivity contribution in [2.45, 2.75) is 13.1 Å². The lowest BCUT2D eigenvalue weighted by Gasteiger charge is -2.08. The number of fused-ring (bicyclic) bond motifs is 1. The van der Waals surface area contributed by atoms with Crippen molar-refractivity contribution in [1.82, 2.24) is 9.88 Å². The molecule has 4 heteroatoms. The summed E-state index contributed by atoms with van der Waals surface area (Å²) < 4.78 is 3.50. The molecule has 0 saturated carbocycles. The van der Waals surface area contributed by atoms with Gasteiger partial charge in [-0.2, -0.15) is 0 Å². The molecule has 0 atom stereocenters. The molecule has 1 aromatic carbocycles. The second-order valence-corrected chi connectivity index (χ2v) is 6.47. The summed E-state index contributed by atoms with van der Waals surface area (Å²) >= 11 is 5.31. The van der Waals surface area contributed by atoms with Crippen molar-refractivity contribution in [1.29, 1.82) is 0 Å². The topological polar surface area (TPSA) is 17.0 Å². The quantitative estimate of drug-likeness (QED) is 0.755. The summed E-state index contributed by atoms with van der Waals surface area (Å²) in [4.78, 5) is 1.36. The third kappa shape index (κ3) is 2.61. The third-order valence-corrected chi connectivity index (χ3v) is 4.87. The largest absolute Gasteiger partial charge is 0.342 e. The van der Waals surface area contributed by atoms with E-state index in [2.05, 4.69) is 67.7 Å². The molecular weight excluding hydrogens is 320 g/mol. The van der Waals surface area contributed by atoms with E-state index in [-0.39, 0.29) is 0 Å². The van der Waals surface area contributed by atoms with Gasteiger partial charge in [0.25, 0.3) is 0 Å². The van der Waals surface area contributed by atoms with Gasteiger partial charge < -0.3 is 9.88 Å². The van der Waals surface area contributed by atoms with Crippen LogP contribution in [0.15, 0.2) is 46.4 Å². The summed E-state index contributed by atoms with van der Waals surface area (Å²) in [6.45, 7) is 1.83. The fourth-order valence-corrected chi connectivity index (χ4v) is 3.86. The third-order valence-electron chi connectivity index (χ3n) is 3.19. The van der Waals surface area contributed by atoms with Crippen molar-refractivity contribution in [2.24, 2.45) is 0 Å². The molecule has 1 N–H and O–H groups in total. The second-order valence-electron chi connectivity index (χ2n) is 4.56. The molecule has 0 aliphatic carbocycles. The molecule has 0 fully saturated rings. The van der Waals surface area contributed by atoms with Crippen LogP contribution in [0.5, 0.6) is 0 Å². The Bertz CT molecular complexity index is 699. The fourth-order valence-electron chi connectivity index (χ4n) is 2.41. The molecule has 3 aromatic rings. The van der Waals surface area contributed by atoms with Gasteiger partial charge in [0.05, 0.1) is 12.1 Å². The smallest absolute Gasteiger partial charge is 0.0569 e. The van der Waals surface area contributed by atoms with Gasteiger partial charge >= 0.3 is 0 Å². The lowest BCUT2D eigenvalue weighted by Crippen LogP contribution is -2.07. The summed E-state index contributed by atoms with van der Waals surface area (Å²) in [6, 6.07) is 10.9. The molecule has 0 radical (unpaired) electrons. The highest BCUT2D eigenvalue weighted by molar-refractivity contribution is 9.10. The number of aromatic nitrogens is 1. The van der Waals surface area contributed by atoms with Crippen molar-refractivity contribution in [3.8, 4) is 0 Å². The molecule has 2 aromatic heterocycles. The van der Waals surface area contributed by atoms with Gasteiger partial charge in [0.2, 0.25) is 0 Å². The van der Waals surface area contributed by atoms with Gasteiger partial charge in [-0.1, -0.05) is 18.2 Å². The predicted molar refractivity (Wildman–Crippen MR) is 85.8 cm³/mol. The van der Waals surface area contributed by atoms with Crippen LogP contribution in [0.1, 0.15) is 10.4 Å². The van der Waals surface area contributed by atoms with Crippen molar-refractivity contribution < 1.29 is 0 Å². The first-order valence-corrected chi connectivity index (χ1v) is 7.89. The van der Waals surface area contributed by atoms with Crippen LogP contribution >= 0.6 is 27.3 Å². The first kappa shape index (κ1) is 12.9. The summed E-state index contributed by atoms with van der Waals surface area (Å²) in [5, 5.41) is 6.69. The minimum Gasteiger partial charge on any atom is -0.342 e. The van der Waals surface area contributed by atoms with E-state index in [1.165, 1.54) is 25.8 Å². The number of rotatable bonds is 4. The maximum Gasteiger partial charge on any atom is 0.0569 e. The molecule has 98 valence electrons. The van der Waals surface area contributed by atoms with Gasteiger partial charge in [-0.15, -0.1) is 11.3 Å². The molecule has 2 nitrogen and oxygen atoms in total. The SMILES string of the molecule is CNCc1cccc2ccn(Cc3cc(Br)cs3)c12. The van der Waals surface area contributed by atoms with Gasteiger partial charge in [0.15, 0.2) is 0 Å². The number of hydrogen-bond acceptors (Lipinski definition) is 2. The number of halogens is 1. The van der Waals surface area contributed by atoms with Crippen molar-refractivity contribution in [3.05, 3.63) is 56.8 Å². The maximum absolute atomic E-state index is 3.52. The normalized spacial score (nSPS) is 11.3. The van der Waals surface area contributed by atoms with Gasteiger partial charge in [0.1, 0.15) is 0 Å². The van der Waals surface area contributed by atoms with Crippen LogP contribution < -0.4 is 5.32 Å². The Labute approximate surface area is 125 Å². The Hall–Kier alpha value is -1.10. The lowest BCUT2D eigenvalue weighted by atomic mass is 10.1. The maximum atomic E-state index is 3.52. The van der Waals surface area contributed by atoms with Crippen molar-refractivity contribution in [2.75, 3.05) is 7.05 Å². The van der Waals surface area contributed by atoms with Crippen LogP contribution in [-0.4, -0.2) is 11.6 Å². The van der Waals surface area contributed by atoms with Crippen LogP contribution in [0.3, 0.4) is 0 Å². The molecule has 0 bridgehead atoms. The Morgan fingerprint density at radius 2 is 2.21 bits per heavy atom. The van der Waals surface area contributed by atoms with E-state index in [9.17, 15) is 0 Å². The lowest BCUT2D eigenvalue weighted by molar-refractivity contribution is 0.800. The van der Waals surface area contributed by atoms with E-state index in [4.69, 9.17) is 0 Å². The Morgan fingerprint density at radius 3 is 2.95 bits per heavy atom. The van der Waals surface area contributed by atoms with Crippen molar-refractivity contribution >= 4 is 38.2 Å². The Kier molecular flexibility index (Phi) is 3.73. The summed E-state index contributed by atoms with van der Waals surface area (Å²) in [6.07, 6.45) is 2.18. The summed E-state index contributed by atoms with van der Waals surface area (Å²) in [5.74, 6) is 0. The molecule has 0 aliphatic heterocycles. The number of nitrogens with zero attached hydrogens (tertiary/aromatic N) is 1. The molecule has 3 rings (SSSR count). The van der Waals surface area contributed by atoms with Gasteiger partial charge in [-0.3, -0.25) is 0 Å². The van der Waals surface area contributed by atoms with Crippen LogP contribution in [0.4, 0.5) is 0 Å². The highest BCUT2D eigenvalue weighted by Crippen LogP contribution is 2.25. The zero-order valence-electron chi connectivity index (χ0n) is 10.7. The molecule has 0 saturated heterocycles. The predicted octanol–water partition coefficient (Wildman–Crippen LogP) is 4.23. The van der Waals surface area contributed by atoms with Crippen molar-refractivity contribution in [3.63, 3.8) is 0 Å². The van der Waals surface area contributed by atoms with E-state index >= 15 is 0 Å². The molecule has 19 heavy (non-hydrogen) atoms. The van der Waals surface area contributed by atoms with Crippen LogP contribution in [0.2, 0.25) is 0 Å². The summed E-state index contributed by atoms with van der Waals surface area (Å²) in [7, 11) is 1.99. The molecule has 0 unspecified atom stereocenters. The fraction of sp³-hybridized carbons (Fsp3) is 0.200. The number of benzene rings is 1. The van der Waals surface area contributed by atoms with E-state index in [0.29, 0.717) is 0 Å². The first-order chi connectivity index (χ1) is 9.28. The number of para-hydroxylation sites is 1. The highest BCUT2D eigenvalue weighted by atomic mass is 79.9. The van der Waals surface area contributed by atoms with Gasteiger partial charge in [0, 0.05) is 27.5 Å². The number of nitrogens with one attached hydrogen (secondary N) is 1. The minimum absolute atomic E-state index is 0.898. The Morgan fingerprint density at radius 1 is 1.32 bits per heavy atom. The zero-order chi connectivity index (χ0) is 13.2. The molecule has 0 spiro atoms. The number of thiophene rings is 1. The summed E-state index contributed by atoms with van der Waals surface area (Å²) in [5.41, 5.74) is 2.68. The van der Waals surface area contributed by atoms with E-state index in [0.717, 1.165) is 13.1 Å². The monoisotopic (exact) mass is 334 g/mol. The minimum atomic E-state index is 0.898.